The maximum Gasteiger partial charge on any atom is 0.266 e. The molecule has 0 radical (unpaired) electrons. The standard InChI is InChI=1S/C20H15Cl2N3O3/c1-2-27-18-11-13(10-16(22)19(18)28-8-7-23)9-14(12-24)20(26)25-17-6-4-3-5-15(17)21/h3-6,9-11H,2,8H2,1H3,(H,25,26)/b14-9+. The Hall–Kier alpha value is -3.19. The average Bonchev–Trinajstić information content (AvgIpc) is 2.67. The van der Waals surface area contributed by atoms with E-state index < -0.39 is 5.91 Å². The van der Waals surface area contributed by atoms with Gasteiger partial charge >= 0.3 is 0 Å². The number of para-hydroxylation sites is 1. The first-order valence-electron chi connectivity index (χ1n) is 8.13. The predicted octanol–water partition coefficient (Wildman–Crippen LogP) is 4.84. The molecule has 142 valence electrons. The summed E-state index contributed by atoms with van der Waals surface area (Å²) in [5, 5.41) is 21.2. The van der Waals surface area contributed by atoms with Gasteiger partial charge in [-0.05, 0) is 42.8 Å². The maximum absolute atomic E-state index is 12.4. The highest BCUT2D eigenvalue weighted by atomic mass is 35.5. The number of benzene rings is 2. The fraction of sp³-hybridized carbons (Fsp3) is 0.150. The number of anilines is 1. The number of nitrogens with zero attached hydrogens (tertiary/aromatic N) is 2. The molecule has 1 amide bonds. The van der Waals surface area contributed by atoms with Crippen LogP contribution in [0.1, 0.15) is 12.5 Å². The number of nitrogens with one attached hydrogen (secondary N) is 1. The molecule has 0 aromatic heterocycles. The van der Waals surface area contributed by atoms with Crippen molar-refractivity contribution in [2.75, 3.05) is 18.5 Å². The number of halogens is 2. The Balaban J connectivity index is 2.35. The summed E-state index contributed by atoms with van der Waals surface area (Å²) in [6, 6.07) is 13.5. The molecule has 0 aliphatic heterocycles. The molecule has 0 saturated heterocycles. The van der Waals surface area contributed by atoms with Crippen LogP contribution in [-0.4, -0.2) is 19.1 Å². The zero-order valence-corrected chi connectivity index (χ0v) is 16.3. The Morgan fingerprint density at radius 3 is 2.57 bits per heavy atom. The quantitative estimate of drug-likeness (QED) is 0.515. The van der Waals surface area contributed by atoms with Gasteiger partial charge in [-0.3, -0.25) is 4.79 Å². The van der Waals surface area contributed by atoms with Crippen molar-refractivity contribution in [1.82, 2.24) is 0 Å². The van der Waals surface area contributed by atoms with Crippen LogP contribution in [0.4, 0.5) is 5.69 Å². The highest BCUT2D eigenvalue weighted by molar-refractivity contribution is 6.34. The van der Waals surface area contributed by atoms with E-state index in [-0.39, 0.29) is 23.0 Å². The van der Waals surface area contributed by atoms with Crippen molar-refractivity contribution in [3.8, 4) is 23.6 Å². The Kier molecular flexibility index (Phi) is 7.71. The SMILES string of the molecule is CCOc1cc(/C=C(\C#N)C(=O)Nc2ccccc2Cl)cc(Cl)c1OCC#N. The highest BCUT2D eigenvalue weighted by Gasteiger charge is 2.15. The molecule has 2 rings (SSSR count). The topological polar surface area (TPSA) is 95.1 Å². The molecular formula is C20H15Cl2N3O3. The van der Waals surface area contributed by atoms with Crippen molar-refractivity contribution in [1.29, 1.82) is 10.5 Å². The number of amides is 1. The first-order valence-corrected chi connectivity index (χ1v) is 8.89. The van der Waals surface area contributed by atoms with Crippen molar-refractivity contribution in [3.63, 3.8) is 0 Å². The second kappa shape index (κ2) is 10.2. The molecule has 8 heteroatoms. The second-order valence-corrected chi connectivity index (χ2v) is 6.13. The Morgan fingerprint density at radius 2 is 1.93 bits per heavy atom. The van der Waals surface area contributed by atoms with Gasteiger partial charge < -0.3 is 14.8 Å². The van der Waals surface area contributed by atoms with Crippen molar-refractivity contribution in [3.05, 3.63) is 57.6 Å². The van der Waals surface area contributed by atoms with Crippen molar-refractivity contribution in [2.45, 2.75) is 6.92 Å². The van der Waals surface area contributed by atoms with Crippen LogP contribution in [0, 0.1) is 22.7 Å². The molecule has 0 saturated carbocycles. The fourth-order valence-corrected chi connectivity index (χ4v) is 2.70. The van der Waals surface area contributed by atoms with E-state index in [1.165, 1.54) is 12.1 Å². The largest absolute Gasteiger partial charge is 0.490 e. The smallest absolute Gasteiger partial charge is 0.266 e. The van der Waals surface area contributed by atoms with Gasteiger partial charge in [-0.25, -0.2) is 0 Å². The molecule has 2 aromatic rings. The lowest BCUT2D eigenvalue weighted by Gasteiger charge is -2.13. The van der Waals surface area contributed by atoms with Gasteiger partial charge in [-0.1, -0.05) is 35.3 Å². The molecule has 0 aliphatic rings. The highest BCUT2D eigenvalue weighted by Crippen LogP contribution is 2.37. The van der Waals surface area contributed by atoms with Gasteiger partial charge in [0, 0.05) is 0 Å². The van der Waals surface area contributed by atoms with Crippen LogP contribution in [0.5, 0.6) is 11.5 Å². The molecular weight excluding hydrogens is 401 g/mol. The summed E-state index contributed by atoms with van der Waals surface area (Å²) < 4.78 is 10.8. The van der Waals surface area contributed by atoms with Gasteiger partial charge in [0.05, 0.1) is 22.3 Å². The van der Waals surface area contributed by atoms with Crippen molar-refractivity contribution in [2.24, 2.45) is 0 Å². The van der Waals surface area contributed by atoms with Gasteiger partial charge in [0.15, 0.2) is 18.1 Å². The summed E-state index contributed by atoms with van der Waals surface area (Å²) in [6.45, 7) is 1.92. The lowest BCUT2D eigenvalue weighted by Crippen LogP contribution is -2.13. The first kappa shape index (κ1) is 21.1. The van der Waals surface area contributed by atoms with Gasteiger partial charge in [0.2, 0.25) is 0 Å². The molecule has 1 N–H and O–H groups in total. The molecule has 0 heterocycles. The zero-order valence-electron chi connectivity index (χ0n) is 14.8. The average molecular weight is 416 g/mol. The summed E-state index contributed by atoms with van der Waals surface area (Å²) >= 11 is 12.2. The molecule has 0 fully saturated rings. The van der Waals surface area contributed by atoms with E-state index in [4.69, 9.17) is 37.9 Å². The van der Waals surface area contributed by atoms with E-state index >= 15 is 0 Å². The van der Waals surface area contributed by atoms with Gasteiger partial charge in [0.25, 0.3) is 5.91 Å². The summed E-state index contributed by atoms with van der Waals surface area (Å²) in [4.78, 5) is 12.4. The van der Waals surface area contributed by atoms with E-state index in [1.54, 1.807) is 37.3 Å². The number of hydrogen-bond acceptors (Lipinski definition) is 5. The number of hydrogen-bond donors (Lipinski definition) is 1. The molecule has 28 heavy (non-hydrogen) atoms. The molecule has 0 spiro atoms. The molecule has 2 aromatic carbocycles. The Morgan fingerprint density at radius 1 is 1.18 bits per heavy atom. The number of carbonyl (C=O) groups excluding carboxylic acids is 1. The first-order chi connectivity index (χ1) is 13.5. The molecule has 0 unspecified atom stereocenters. The van der Waals surface area contributed by atoms with Gasteiger partial charge in [-0.15, -0.1) is 0 Å². The van der Waals surface area contributed by atoms with Gasteiger partial charge in [0.1, 0.15) is 17.7 Å². The van der Waals surface area contributed by atoms with Crippen molar-refractivity contribution >= 4 is 40.9 Å². The van der Waals surface area contributed by atoms with Crippen LogP contribution < -0.4 is 14.8 Å². The monoisotopic (exact) mass is 415 g/mol. The Labute approximate surface area is 172 Å². The van der Waals surface area contributed by atoms with Crippen LogP contribution in [-0.2, 0) is 4.79 Å². The van der Waals surface area contributed by atoms with E-state index in [9.17, 15) is 10.1 Å². The van der Waals surface area contributed by atoms with E-state index in [2.05, 4.69) is 5.32 Å². The predicted molar refractivity (Wildman–Crippen MR) is 107 cm³/mol. The minimum absolute atomic E-state index is 0.149. The van der Waals surface area contributed by atoms with E-state index in [0.717, 1.165) is 0 Å². The van der Waals surface area contributed by atoms with Crippen LogP contribution in [0.3, 0.4) is 0 Å². The lowest BCUT2D eigenvalue weighted by atomic mass is 10.1. The molecule has 6 nitrogen and oxygen atoms in total. The minimum atomic E-state index is -0.616. The molecule has 0 aliphatic carbocycles. The number of carbonyl (C=O) groups is 1. The minimum Gasteiger partial charge on any atom is -0.490 e. The fourth-order valence-electron chi connectivity index (χ4n) is 2.25. The van der Waals surface area contributed by atoms with Crippen LogP contribution in [0.15, 0.2) is 42.0 Å². The maximum atomic E-state index is 12.4. The van der Waals surface area contributed by atoms with Gasteiger partial charge in [-0.2, -0.15) is 10.5 Å². The summed E-state index contributed by atoms with van der Waals surface area (Å²) in [5.41, 5.74) is 0.705. The summed E-state index contributed by atoms with van der Waals surface area (Å²) in [5.74, 6) is -0.0870. The third-order valence-corrected chi connectivity index (χ3v) is 4.02. The van der Waals surface area contributed by atoms with E-state index in [1.807, 2.05) is 12.1 Å². The number of ether oxygens (including phenoxy) is 2. The third kappa shape index (κ3) is 5.40. The Bertz CT molecular complexity index is 991. The van der Waals surface area contributed by atoms with Crippen LogP contribution in [0.2, 0.25) is 10.0 Å². The molecule has 0 bridgehead atoms. The van der Waals surface area contributed by atoms with E-state index in [0.29, 0.717) is 28.6 Å². The van der Waals surface area contributed by atoms with Crippen LogP contribution in [0.25, 0.3) is 6.08 Å². The number of rotatable bonds is 7. The summed E-state index contributed by atoms with van der Waals surface area (Å²) in [7, 11) is 0. The number of nitriles is 2. The third-order valence-electron chi connectivity index (χ3n) is 3.41. The molecule has 0 atom stereocenters. The zero-order chi connectivity index (χ0) is 20.5. The van der Waals surface area contributed by atoms with Crippen molar-refractivity contribution < 1.29 is 14.3 Å². The second-order valence-electron chi connectivity index (χ2n) is 5.31. The summed E-state index contributed by atoms with van der Waals surface area (Å²) in [6.07, 6.45) is 1.37. The normalized spacial score (nSPS) is 10.5. The van der Waals surface area contributed by atoms with Crippen LogP contribution >= 0.6 is 23.2 Å². The lowest BCUT2D eigenvalue weighted by molar-refractivity contribution is -0.112.